The number of alkyl halides is 3. The van der Waals surface area contributed by atoms with Crippen LogP contribution in [0.25, 0.3) is 0 Å². The van der Waals surface area contributed by atoms with E-state index >= 15 is 0 Å². The Morgan fingerprint density at radius 2 is 2.00 bits per heavy atom. The molecule has 0 saturated heterocycles. The molecule has 1 heterocycles. The zero-order valence-electron chi connectivity index (χ0n) is 6.48. The van der Waals surface area contributed by atoms with Crippen LogP contribution in [-0.4, -0.2) is 11.3 Å². The minimum Gasteiger partial charge on any atom is -0.391 e. The van der Waals surface area contributed by atoms with Crippen molar-refractivity contribution in [3.05, 3.63) is 22.2 Å². The standard InChI is InChI=1S/C6H4F4N2O2/c7-2-1-12-5(3(11)4(2)13)14-6(8,9)10/h1H,11H2,(H,12,13). The van der Waals surface area contributed by atoms with Crippen molar-refractivity contribution in [2.45, 2.75) is 6.36 Å². The molecule has 1 rings (SSSR count). The number of aromatic nitrogens is 1. The van der Waals surface area contributed by atoms with E-state index in [2.05, 4.69) is 4.74 Å². The van der Waals surface area contributed by atoms with Crippen LogP contribution in [0.15, 0.2) is 11.0 Å². The molecule has 3 N–H and O–H groups in total. The molecule has 8 heteroatoms. The zero-order valence-corrected chi connectivity index (χ0v) is 6.48. The molecule has 1 aromatic heterocycles. The van der Waals surface area contributed by atoms with Crippen LogP contribution in [0, 0.1) is 5.82 Å². The summed E-state index contributed by atoms with van der Waals surface area (Å²) < 4.78 is 50.7. The molecule has 0 fully saturated rings. The predicted octanol–water partition coefficient (Wildman–Crippen LogP) is 0.995. The Morgan fingerprint density at radius 3 is 2.50 bits per heavy atom. The lowest BCUT2D eigenvalue weighted by Crippen LogP contribution is -2.22. The van der Waals surface area contributed by atoms with E-state index in [4.69, 9.17) is 5.73 Å². The van der Waals surface area contributed by atoms with Gasteiger partial charge < -0.3 is 15.5 Å². The number of rotatable bonds is 1. The Morgan fingerprint density at radius 1 is 1.43 bits per heavy atom. The normalized spacial score (nSPS) is 11.4. The van der Waals surface area contributed by atoms with Gasteiger partial charge in [0.1, 0.15) is 5.69 Å². The van der Waals surface area contributed by atoms with E-state index in [0.717, 1.165) is 0 Å². The van der Waals surface area contributed by atoms with Gasteiger partial charge in [-0.05, 0) is 0 Å². The molecule has 0 radical (unpaired) electrons. The van der Waals surface area contributed by atoms with Gasteiger partial charge in [0.2, 0.25) is 11.3 Å². The van der Waals surface area contributed by atoms with Crippen molar-refractivity contribution < 1.29 is 22.3 Å². The van der Waals surface area contributed by atoms with Crippen molar-refractivity contribution in [1.82, 2.24) is 4.98 Å². The number of hydrogen-bond acceptors (Lipinski definition) is 3. The summed E-state index contributed by atoms with van der Waals surface area (Å²) in [5.74, 6) is -2.30. The van der Waals surface area contributed by atoms with Crippen LogP contribution >= 0.6 is 0 Å². The van der Waals surface area contributed by atoms with E-state index in [9.17, 15) is 22.4 Å². The minimum absolute atomic E-state index is 0.430. The number of pyridine rings is 1. The molecule has 0 aromatic carbocycles. The van der Waals surface area contributed by atoms with E-state index < -0.39 is 29.2 Å². The Labute approximate surface area is 74.3 Å². The number of halogens is 4. The van der Waals surface area contributed by atoms with Crippen LogP contribution < -0.4 is 15.9 Å². The number of nitrogen functional groups attached to an aromatic ring is 1. The molecule has 0 atom stereocenters. The van der Waals surface area contributed by atoms with Gasteiger partial charge in [0.15, 0.2) is 5.82 Å². The number of nitrogens with one attached hydrogen (secondary N) is 1. The van der Waals surface area contributed by atoms with Crippen LogP contribution in [0.4, 0.5) is 23.2 Å². The van der Waals surface area contributed by atoms with Crippen LogP contribution in [0.1, 0.15) is 0 Å². The fourth-order valence-electron chi connectivity index (χ4n) is 0.704. The lowest BCUT2D eigenvalue weighted by Gasteiger charge is -2.09. The van der Waals surface area contributed by atoms with E-state index in [1.807, 2.05) is 0 Å². The predicted molar refractivity (Wildman–Crippen MR) is 38.1 cm³/mol. The SMILES string of the molecule is Nc1c(OC(F)(F)F)[nH]cc(F)c1=O. The van der Waals surface area contributed by atoms with Crippen molar-refractivity contribution in [2.75, 3.05) is 5.73 Å². The second-order valence-electron chi connectivity index (χ2n) is 2.26. The van der Waals surface area contributed by atoms with Gasteiger partial charge in [-0.2, -0.15) is 0 Å². The summed E-state index contributed by atoms with van der Waals surface area (Å²) in [6.45, 7) is 0. The number of hydrogen-bond donors (Lipinski definition) is 2. The maximum atomic E-state index is 12.4. The lowest BCUT2D eigenvalue weighted by atomic mass is 10.4. The summed E-state index contributed by atoms with van der Waals surface area (Å²) >= 11 is 0. The summed E-state index contributed by atoms with van der Waals surface area (Å²) in [7, 11) is 0. The van der Waals surface area contributed by atoms with Crippen molar-refractivity contribution in [2.24, 2.45) is 0 Å². The maximum absolute atomic E-state index is 12.4. The third-order valence-corrected chi connectivity index (χ3v) is 1.25. The molecular formula is C6H4F4N2O2. The van der Waals surface area contributed by atoms with E-state index in [-0.39, 0.29) is 0 Å². The largest absolute Gasteiger partial charge is 0.574 e. The first-order chi connectivity index (χ1) is 6.31. The number of anilines is 1. The molecule has 0 amide bonds. The summed E-state index contributed by atoms with van der Waals surface area (Å²) in [5.41, 5.74) is 2.58. The fourth-order valence-corrected chi connectivity index (χ4v) is 0.704. The van der Waals surface area contributed by atoms with Gasteiger partial charge in [-0.25, -0.2) is 4.39 Å². The third kappa shape index (κ3) is 2.15. The van der Waals surface area contributed by atoms with Gasteiger partial charge in [-0.15, -0.1) is 13.2 Å². The Balaban J connectivity index is 3.13. The monoisotopic (exact) mass is 212 g/mol. The summed E-state index contributed by atoms with van der Waals surface area (Å²) in [6.07, 6.45) is -4.56. The summed E-state index contributed by atoms with van der Waals surface area (Å²) in [5, 5.41) is 0. The molecular weight excluding hydrogens is 208 g/mol. The highest BCUT2D eigenvalue weighted by Crippen LogP contribution is 2.23. The lowest BCUT2D eigenvalue weighted by molar-refractivity contribution is -0.275. The second-order valence-corrected chi connectivity index (χ2v) is 2.26. The molecule has 0 spiro atoms. The van der Waals surface area contributed by atoms with Gasteiger partial charge in [0.25, 0.3) is 0 Å². The quantitative estimate of drug-likeness (QED) is 0.682. The zero-order chi connectivity index (χ0) is 10.9. The van der Waals surface area contributed by atoms with E-state index in [0.29, 0.717) is 6.20 Å². The van der Waals surface area contributed by atoms with Gasteiger partial charge in [0, 0.05) is 6.20 Å². The molecule has 4 nitrogen and oxygen atoms in total. The Hall–Kier alpha value is -1.73. The van der Waals surface area contributed by atoms with Crippen molar-refractivity contribution in [3.8, 4) is 5.88 Å². The Kier molecular flexibility index (Phi) is 2.37. The van der Waals surface area contributed by atoms with Crippen molar-refractivity contribution in [1.29, 1.82) is 0 Å². The average Bonchev–Trinajstić information content (AvgIpc) is 2.04. The molecule has 0 saturated carbocycles. The smallest absolute Gasteiger partial charge is 0.391 e. The van der Waals surface area contributed by atoms with Crippen molar-refractivity contribution >= 4 is 5.69 Å². The van der Waals surface area contributed by atoms with Crippen LogP contribution in [-0.2, 0) is 0 Å². The first kappa shape index (κ1) is 10.4. The van der Waals surface area contributed by atoms with E-state index in [1.165, 1.54) is 0 Å². The van der Waals surface area contributed by atoms with Crippen LogP contribution in [0.5, 0.6) is 5.88 Å². The summed E-state index contributed by atoms with van der Waals surface area (Å²) in [6, 6.07) is 0. The Bertz CT molecular complexity index is 398. The molecule has 0 aliphatic heterocycles. The van der Waals surface area contributed by atoms with Crippen LogP contribution in [0.2, 0.25) is 0 Å². The molecule has 14 heavy (non-hydrogen) atoms. The van der Waals surface area contributed by atoms with Gasteiger partial charge in [-0.1, -0.05) is 0 Å². The number of H-pyrrole nitrogens is 1. The van der Waals surface area contributed by atoms with Crippen molar-refractivity contribution in [3.63, 3.8) is 0 Å². The fraction of sp³-hybridized carbons (Fsp3) is 0.167. The van der Waals surface area contributed by atoms with Gasteiger partial charge in [0.05, 0.1) is 0 Å². The molecule has 1 aromatic rings. The average molecular weight is 212 g/mol. The first-order valence-electron chi connectivity index (χ1n) is 3.23. The molecule has 0 unspecified atom stereocenters. The highest BCUT2D eigenvalue weighted by atomic mass is 19.4. The summed E-state index contributed by atoms with van der Waals surface area (Å²) in [4.78, 5) is 12.5. The topological polar surface area (TPSA) is 68.1 Å². The molecule has 0 aliphatic rings. The van der Waals surface area contributed by atoms with E-state index in [1.54, 1.807) is 4.98 Å². The highest BCUT2D eigenvalue weighted by molar-refractivity contribution is 5.47. The number of ether oxygens (including phenoxy) is 1. The highest BCUT2D eigenvalue weighted by Gasteiger charge is 2.33. The second kappa shape index (κ2) is 3.20. The first-order valence-corrected chi connectivity index (χ1v) is 3.23. The minimum atomic E-state index is -4.99. The number of nitrogens with two attached hydrogens (primary N) is 1. The molecule has 0 aliphatic carbocycles. The van der Waals surface area contributed by atoms with Gasteiger partial charge in [-0.3, -0.25) is 4.79 Å². The maximum Gasteiger partial charge on any atom is 0.574 e. The van der Waals surface area contributed by atoms with Crippen LogP contribution in [0.3, 0.4) is 0 Å². The molecule has 0 bridgehead atoms. The third-order valence-electron chi connectivity index (χ3n) is 1.25. The number of aromatic amines is 1. The molecule has 78 valence electrons. The van der Waals surface area contributed by atoms with Gasteiger partial charge >= 0.3 is 6.36 Å².